The largest absolute Gasteiger partial charge is 0.497 e. The van der Waals surface area contributed by atoms with Crippen LogP contribution in [0, 0.1) is 0 Å². The maximum atomic E-state index is 12.3. The molecule has 0 radical (unpaired) electrons. The van der Waals surface area contributed by atoms with E-state index in [9.17, 15) is 4.79 Å². The summed E-state index contributed by atoms with van der Waals surface area (Å²) in [5.41, 5.74) is 2.15. The molecule has 0 spiro atoms. The zero-order valence-corrected chi connectivity index (χ0v) is 14.8. The van der Waals surface area contributed by atoms with Gasteiger partial charge in [0.2, 0.25) is 0 Å². The Labute approximate surface area is 149 Å². The number of carbonyl (C=O) groups excluding carboxylic acids is 1. The van der Waals surface area contributed by atoms with E-state index in [1.807, 2.05) is 30.3 Å². The van der Waals surface area contributed by atoms with Crippen LogP contribution in [-0.4, -0.2) is 19.7 Å². The second kappa shape index (κ2) is 8.06. The van der Waals surface area contributed by atoms with Crippen molar-refractivity contribution in [2.45, 2.75) is 37.5 Å². The molecule has 2 amide bonds. The Morgan fingerprint density at radius 1 is 1.00 bits per heavy atom. The van der Waals surface area contributed by atoms with Crippen molar-refractivity contribution in [2.24, 2.45) is 0 Å². The molecule has 4 nitrogen and oxygen atoms in total. The molecule has 0 atom stereocenters. The number of rotatable bonds is 5. The summed E-state index contributed by atoms with van der Waals surface area (Å²) >= 11 is 0. The SMILES string of the molecule is COc1ccc(NC(=O)NCC2(c3ccccc3)CCCCC2)cc1. The number of methoxy groups -OCH3 is 1. The predicted molar refractivity (Wildman–Crippen MR) is 101 cm³/mol. The zero-order chi connectivity index (χ0) is 17.5. The van der Waals surface area contributed by atoms with E-state index < -0.39 is 0 Å². The molecule has 2 aromatic rings. The van der Waals surface area contributed by atoms with Gasteiger partial charge in [-0.05, 0) is 42.7 Å². The van der Waals surface area contributed by atoms with Crippen LogP contribution in [0.25, 0.3) is 0 Å². The number of benzene rings is 2. The van der Waals surface area contributed by atoms with Gasteiger partial charge in [-0.1, -0.05) is 49.6 Å². The quantitative estimate of drug-likeness (QED) is 0.829. The first-order valence-corrected chi connectivity index (χ1v) is 8.96. The lowest BCUT2D eigenvalue weighted by Gasteiger charge is -2.38. The fourth-order valence-corrected chi connectivity index (χ4v) is 3.69. The second-order valence-corrected chi connectivity index (χ2v) is 6.74. The molecule has 0 heterocycles. The number of nitrogens with one attached hydrogen (secondary N) is 2. The van der Waals surface area contributed by atoms with E-state index in [2.05, 4.69) is 34.9 Å². The first-order chi connectivity index (χ1) is 12.2. The van der Waals surface area contributed by atoms with E-state index >= 15 is 0 Å². The van der Waals surface area contributed by atoms with Crippen LogP contribution in [0.2, 0.25) is 0 Å². The minimum absolute atomic E-state index is 0.0523. The smallest absolute Gasteiger partial charge is 0.319 e. The summed E-state index contributed by atoms with van der Waals surface area (Å²) in [5.74, 6) is 0.774. The van der Waals surface area contributed by atoms with Crippen LogP contribution in [0.15, 0.2) is 54.6 Å². The third-order valence-corrected chi connectivity index (χ3v) is 5.13. The number of hydrogen-bond donors (Lipinski definition) is 2. The summed E-state index contributed by atoms with van der Waals surface area (Å²) in [6.45, 7) is 0.666. The highest BCUT2D eigenvalue weighted by Crippen LogP contribution is 2.38. The molecule has 0 aromatic heterocycles. The van der Waals surface area contributed by atoms with Crippen LogP contribution in [0.3, 0.4) is 0 Å². The van der Waals surface area contributed by atoms with Gasteiger partial charge in [-0.25, -0.2) is 4.79 Å². The average molecular weight is 338 g/mol. The van der Waals surface area contributed by atoms with E-state index in [1.165, 1.54) is 24.8 Å². The van der Waals surface area contributed by atoms with Gasteiger partial charge in [0.1, 0.15) is 5.75 Å². The number of urea groups is 1. The van der Waals surface area contributed by atoms with E-state index in [0.717, 1.165) is 24.3 Å². The third-order valence-electron chi connectivity index (χ3n) is 5.13. The van der Waals surface area contributed by atoms with Gasteiger partial charge in [-0.2, -0.15) is 0 Å². The fourth-order valence-electron chi connectivity index (χ4n) is 3.69. The molecule has 2 aromatic carbocycles. The molecule has 1 aliphatic rings. The van der Waals surface area contributed by atoms with Crippen molar-refractivity contribution in [2.75, 3.05) is 19.0 Å². The highest BCUT2D eigenvalue weighted by molar-refractivity contribution is 5.89. The van der Waals surface area contributed by atoms with Gasteiger partial charge in [-0.3, -0.25) is 0 Å². The lowest BCUT2D eigenvalue weighted by atomic mass is 9.69. The molecule has 0 aliphatic heterocycles. The molecule has 4 heteroatoms. The molecular weight excluding hydrogens is 312 g/mol. The average Bonchev–Trinajstić information content (AvgIpc) is 2.68. The molecule has 0 unspecified atom stereocenters. The maximum Gasteiger partial charge on any atom is 0.319 e. The lowest BCUT2D eigenvalue weighted by Crippen LogP contribution is -2.43. The van der Waals surface area contributed by atoms with Crippen molar-refractivity contribution >= 4 is 11.7 Å². The molecule has 1 aliphatic carbocycles. The Kier molecular flexibility index (Phi) is 5.59. The van der Waals surface area contributed by atoms with Crippen LogP contribution >= 0.6 is 0 Å². The summed E-state index contributed by atoms with van der Waals surface area (Å²) < 4.78 is 5.13. The van der Waals surface area contributed by atoms with Crippen molar-refractivity contribution in [3.05, 3.63) is 60.2 Å². The van der Waals surface area contributed by atoms with Gasteiger partial charge in [0.05, 0.1) is 7.11 Å². The molecule has 2 N–H and O–H groups in total. The predicted octanol–water partition coefficient (Wildman–Crippen LogP) is 4.72. The highest BCUT2D eigenvalue weighted by Gasteiger charge is 2.34. The van der Waals surface area contributed by atoms with Gasteiger partial charge >= 0.3 is 6.03 Å². The van der Waals surface area contributed by atoms with Crippen molar-refractivity contribution in [1.29, 1.82) is 0 Å². The minimum atomic E-state index is -0.161. The molecule has 1 saturated carbocycles. The summed E-state index contributed by atoms with van der Waals surface area (Å²) in [6, 6.07) is 17.8. The fraction of sp³-hybridized carbons (Fsp3) is 0.381. The molecule has 0 saturated heterocycles. The van der Waals surface area contributed by atoms with Crippen LogP contribution < -0.4 is 15.4 Å². The van der Waals surface area contributed by atoms with E-state index in [4.69, 9.17) is 4.74 Å². The van der Waals surface area contributed by atoms with Gasteiger partial charge in [0.25, 0.3) is 0 Å². The van der Waals surface area contributed by atoms with Crippen molar-refractivity contribution in [3.63, 3.8) is 0 Å². The number of hydrogen-bond acceptors (Lipinski definition) is 2. The number of amides is 2. The minimum Gasteiger partial charge on any atom is -0.497 e. The Balaban J connectivity index is 1.63. The number of ether oxygens (including phenoxy) is 1. The molecule has 132 valence electrons. The molecule has 0 bridgehead atoms. The van der Waals surface area contributed by atoms with E-state index in [1.54, 1.807) is 7.11 Å². The standard InChI is InChI=1S/C21H26N2O2/c1-25-19-12-10-18(11-13-19)23-20(24)22-16-21(14-6-3-7-15-21)17-8-4-2-5-9-17/h2,4-5,8-13H,3,6-7,14-16H2,1H3,(H2,22,23,24). The monoisotopic (exact) mass is 338 g/mol. The summed E-state index contributed by atoms with van der Waals surface area (Å²) in [4.78, 5) is 12.3. The molecule has 25 heavy (non-hydrogen) atoms. The van der Waals surface area contributed by atoms with Gasteiger partial charge in [0, 0.05) is 17.6 Å². The second-order valence-electron chi connectivity index (χ2n) is 6.74. The Bertz CT molecular complexity index is 677. The van der Waals surface area contributed by atoms with Crippen molar-refractivity contribution in [1.82, 2.24) is 5.32 Å². The topological polar surface area (TPSA) is 50.4 Å². The first kappa shape index (κ1) is 17.3. The Morgan fingerprint density at radius 2 is 1.68 bits per heavy atom. The highest BCUT2D eigenvalue weighted by atomic mass is 16.5. The third kappa shape index (κ3) is 4.32. The van der Waals surface area contributed by atoms with Gasteiger partial charge in [-0.15, -0.1) is 0 Å². The van der Waals surface area contributed by atoms with Gasteiger partial charge in [0.15, 0.2) is 0 Å². The maximum absolute atomic E-state index is 12.3. The van der Waals surface area contributed by atoms with E-state index in [-0.39, 0.29) is 11.4 Å². The number of anilines is 1. The molecule has 1 fully saturated rings. The molecular formula is C21H26N2O2. The van der Waals surface area contributed by atoms with Crippen LogP contribution in [0.5, 0.6) is 5.75 Å². The lowest BCUT2D eigenvalue weighted by molar-refractivity contribution is 0.240. The number of carbonyl (C=O) groups is 1. The zero-order valence-electron chi connectivity index (χ0n) is 14.8. The summed E-state index contributed by atoms with van der Waals surface area (Å²) in [7, 11) is 1.63. The van der Waals surface area contributed by atoms with Crippen LogP contribution in [0.1, 0.15) is 37.7 Å². The van der Waals surface area contributed by atoms with Crippen molar-refractivity contribution in [3.8, 4) is 5.75 Å². The Hall–Kier alpha value is -2.49. The van der Waals surface area contributed by atoms with Crippen LogP contribution in [-0.2, 0) is 5.41 Å². The summed E-state index contributed by atoms with van der Waals surface area (Å²) in [6.07, 6.45) is 5.97. The Morgan fingerprint density at radius 3 is 2.32 bits per heavy atom. The first-order valence-electron chi connectivity index (χ1n) is 8.96. The molecule has 3 rings (SSSR count). The normalized spacial score (nSPS) is 16.0. The summed E-state index contributed by atoms with van der Waals surface area (Å²) in [5, 5.41) is 5.98. The van der Waals surface area contributed by atoms with E-state index in [0.29, 0.717) is 6.54 Å². The van der Waals surface area contributed by atoms with Crippen molar-refractivity contribution < 1.29 is 9.53 Å². The van der Waals surface area contributed by atoms with Crippen LogP contribution in [0.4, 0.5) is 10.5 Å². The van der Waals surface area contributed by atoms with Gasteiger partial charge < -0.3 is 15.4 Å².